The number of aromatic hydroxyl groups is 1. The highest BCUT2D eigenvalue weighted by Crippen LogP contribution is 2.29. The van der Waals surface area contributed by atoms with Crippen LogP contribution in [0.2, 0.25) is 0 Å². The van der Waals surface area contributed by atoms with Gasteiger partial charge >= 0.3 is 12.6 Å². The van der Waals surface area contributed by atoms with Crippen molar-refractivity contribution in [1.82, 2.24) is 5.32 Å². The Hall–Kier alpha value is -3.36. The van der Waals surface area contributed by atoms with Crippen LogP contribution in [-0.2, 0) is 16.0 Å². The molecule has 156 valence electrons. The topological polar surface area (TPSA) is 94.1 Å². The van der Waals surface area contributed by atoms with Crippen LogP contribution in [-0.4, -0.2) is 43.9 Å². The summed E-state index contributed by atoms with van der Waals surface area (Å²) in [5, 5.41) is 12.4. The highest BCUT2D eigenvalue weighted by Gasteiger charge is 2.15. The zero-order valence-electron chi connectivity index (χ0n) is 15.9. The molecule has 0 saturated carbocycles. The Morgan fingerprint density at radius 1 is 1.17 bits per heavy atom. The molecule has 2 aromatic carbocycles. The SMILES string of the molecule is COc1cc(CCNC(=O)COC(=O)c2cccc(C)c2O)ccc1OC(F)F. The van der Waals surface area contributed by atoms with Crippen LogP contribution in [0.4, 0.5) is 8.78 Å². The van der Waals surface area contributed by atoms with Crippen LogP contribution in [0.25, 0.3) is 0 Å². The van der Waals surface area contributed by atoms with E-state index >= 15 is 0 Å². The van der Waals surface area contributed by atoms with Crippen molar-refractivity contribution in [3.8, 4) is 17.2 Å². The average Bonchev–Trinajstić information content (AvgIpc) is 2.68. The average molecular weight is 409 g/mol. The van der Waals surface area contributed by atoms with E-state index < -0.39 is 25.1 Å². The monoisotopic (exact) mass is 409 g/mol. The van der Waals surface area contributed by atoms with Gasteiger partial charge in [-0.2, -0.15) is 8.78 Å². The van der Waals surface area contributed by atoms with Gasteiger partial charge in [-0.1, -0.05) is 18.2 Å². The van der Waals surface area contributed by atoms with Gasteiger partial charge in [0, 0.05) is 6.54 Å². The molecule has 0 fully saturated rings. The number of methoxy groups -OCH3 is 1. The normalized spacial score (nSPS) is 10.5. The van der Waals surface area contributed by atoms with Crippen LogP contribution in [0.5, 0.6) is 17.2 Å². The smallest absolute Gasteiger partial charge is 0.387 e. The van der Waals surface area contributed by atoms with Gasteiger partial charge in [-0.05, 0) is 42.7 Å². The fourth-order valence-corrected chi connectivity index (χ4v) is 2.49. The van der Waals surface area contributed by atoms with Crippen molar-refractivity contribution >= 4 is 11.9 Å². The fraction of sp³-hybridized carbons (Fsp3) is 0.300. The number of ether oxygens (including phenoxy) is 3. The van der Waals surface area contributed by atoms with E-state index in [9.17, 15) is 23.5 Å². The maximum atomic E-state index is 12.3. The third kappa shape index (κ3) is 6.34. The van der Waals surface area contributed by atoms with Gasteiger partial charge in [0.15, 0.2) is 18.1 Å². The van der Waals surface area contributed by atoms with Crippen LogP contribution in [0.1, 0.15) is 21.5 Å². The fourth-order valence-electron chi connectivity index (χ4n) is 2.49. The quantitative estimate of drug-likeness (QED) is 0.619. The molecule has 1 amide bonds. The predicted octanol–water partition coefficient (Wildman–Crippen LogP) is 2.83. The van der Waals surface area contributed by atoms with Gasteiger partial charge in [-0.15, -0.1) is 0 Å². The standard InChI is InChI=1S/C20H21F2NO6/c1-12-4-3-5-14(18(12)25)19(26)28-11-17(24)23-9-8-13-6-7-15(29-20(21)22)16(10-13)27-2/h3-7,10,20,25H,8-9,11H2,1-2H3,(H,23,24). The van der Waals surface area contributed by atoms with E-state index in [-0.39, 0.29) is 29.4 Å². The molecule has 0 spiro atoms. The van der Waals surface area contributed by atoms with Crippen LogP contribution in [0, 0.1) is 6.92 Å². The summed E-state index contributed by atoms with van der Waals surface area (Å²) < 4.78 is 38.9. The first kappa shape index (κ1) is 21.9. The number of aryl methyl sites for hydroxylation is 1. The molecule has 2 rings (SSSR count). The number of hydrogen-bond acceptors (Lipinski definition) is 6. The third-order valence-electron chi connectivity index (χ3n) is 3.97. The molecule has 0 aromatic heterocycles. The van der Waals surface area contributed by atoms with Gasteiger partial charge in [-0.3, -0.25) is 4.79 Å². The predicted molar refractivity (Wildman–Crippen MR) is 99.5 cm³/mol. The van der Waals surface area contributed by atoms with E-state index in [1.165, 1.54) is 25.3 Å². The summed E-state index contributed by atoms with van der Waals surface area (Å²) in [4.78, 5) is 23.8. The highest BCUT2D eigenvalue weighted by atomic mass is 19.3. The molecule has 0 aliphatic carbocycles. The number of phenols is 1. The van der Waals surface area contributed by atoms with Crippen LogP contribution < -0.4 is 14.8 Å². The summed E-state index contributed by atoms with van der Waals surface area (Å²) in [6.45, 7) is -1.60. The molecular formula is C20H21F2NO6. The number of amides is 1. The van der Waals surface area contributed by atoms with E-state index in [1.807, 2.05) is 0 Å². The van der Waals surface area contributed by atoms with E-state index in [1.54, 1.807) is 25.1 Å². The lowest BCUT2D eigenvalue weighted by atomic mass is 10.1. The molecule has 0 bridgehead atoms. The Balaban J connectivity index is 1.81. The molecule has 29 heavy (non-hydrogen) atoms. The van der Waals surface area contributed by atoms with Crippen molar-refractivity contribution in [2.75, 3.05) is 20.3 Å². The molecule has 0 aliphatic rings. The minimum absolute atomic E-state index is 0.0176. The summed E-state index contributed by atoms with van der Waals surface area (Å²) in [7, 11) is 1.33. The number of hydrogen-bond donors (Lipinski definition) is 2. The van der Waals surface area contributed by atoms with Gasteiger partial charge in [-0.25, -0.2) is 4.79 Å². The number of halogens is 2. The number of rotatable bonds is 9. The van der Waals surface area contributed by atoms with Crippen molar-refractivity contribution in [2.24, 2.45) is 0 Å². The molecular weight excluding hydrogens is 388 g/mol. The molecule has 7 nitrogen and oxygen atoms in total. The van der Waals surface area contributed by atoms with E-state index in [0.29, 0.717) is 12.0 Å². The van der Waals surface area contributed by atoms with Crippen molar-refractivity contribution < 1.29 is 37.7 Å². The maximum absolute atomic E-state index is 12.3. The van der Waals surface area contributed by atoms with Gasteiger partial charge < -0.3 is 24.6 Å². The summed E-state index contributed by atoms with van der Waals surface area (Å²) in [5.74, 6) is -1.44. The molecule has 0 aliphatic heterocycles. The number of nitrogens with one attached hydrogen (secondary N) is 1. The summed E-state index contributed by atoms with van der Waals surface area (Å²) in [6, 6.07) is 9.10. The molecule has 2 N–H and O–H groups in total. The first-order valence-electron chi connectivity index (χ1n) is 8.66. The number of para-hydroxylation sites is 1. The first-order chi connectivity index (χ1) is 13.8. The molecule has 0 heterocycles. The van der Waals surface area contributed by atoms with Crippen molar-refractivity contribution in [2.45, 2.75) is 20.0 Å². The lowest BCUT2D eigenvalue weighted by Gasteiger charge is -2.12. The minimum atomic E-state index is -2.96. The minimum Gasteiger partial charge on any atom is -0.507 e. The second kappa shape index (κ2) is 10.3. The van der Waals surface area contributed by atoms with Crippen molar-refractivity contribution in [3.05, 3.63) is 53.1 Å². The third-order valence-corrected chi connectivity index (χ3v) is 3.97. The van der Waals surface area contributed by atoms with Gasteiger partial charge in [0.1, 0.15) is 11.3 Å². The number of phenolic OH excluding ortho intramolecular Hbond substituents is 1. The molecule has 0 unspecified atom stereocenters. The van der Waals surface area contributed by atoms with Crippen LogP contribution in [0.3, 0.4) is 0 Å². The Kier molecular flexibility index (Phi) is 7.76. The lowest BCUT2D eigenvalue weighted by Crippen LogP contribution is -2.30. The summed E-state index contributed by atoms with van der Waals surface area (Å²) in [6.07, 6.45) is 0.393. The molecule has 0 radical (unpaired) electrons. The zero-order chi connectivity index (χ0) is 21.4. The van der Waals surface area contributed by atoms with Crippen LogP contribution in [0.15, 0.2) is 36.4 Å². The lowest BCUT2D eigenvalue weighted by molar-refractivity contribution is -0.124. The molecule has 0 atom stereocenters. The Labute approximate surface area is 166 Å². The summed E-state index contributed by atoms with van der Waals surface area (Å²) >= 11 is 0. The van der Waals surface area contributed by atoms with Gasteiger partial charge in [0.25, 0.3) is 5.91 Å². The zero-order valence-corrected chi connectivity index (χ0v) is 15.9. The number of benzene rings is 2. The van der Waals surface area contributed by atoms with E-state index in [4.69, 9.17) is 9.47 Å². The Morgan fingerprint density at radius 2 is 1.93 bits per heavy atom. The molecule has 9 heteroatoms. The molecule has 2 aromatic rings. The largest absolute Gasteiger partial charge is 0.507 e. The highest BCUT2D eigenvalue weighted by molar-refractivity contribution is 5.94. The number of alkyl halides is 2. The van der Waals surface area contributed by atoms with E-state index in [0.717, 1.165) is 5.56 Å². The Morgan fingerprint density at radius 3 is 2.62 bits per heavy atom. The van der Waals surface area contributed by atoms with Crippen LogP contribution >= 0.6 is 0 Å². The number of esters is 1. The summed E-state index contributed by atoms with van der Waals surface area (Å²) in [5.41, 5.74) is 1.23. The maximum Gasteiger partial charge on any atom is 0.387 e. The van der Waals surface area contributed by atoms with Gasteiger partial charge in [0.05, 0.1) is 7.11 Å². The van der Waals surface area contributed by atoms with E-state index in [2.05, 4.69) is 10.1 Å². The second-order valence-electron chi connectivity index (χ2n) is 6.01. The first-order valence-corrected chi connectivity index (χ1v) is 8.66. The number of carbonyl (C=O) groups is 2. The second-order valence-corrected chi connectivity index (χ2v) is 6.01. The van der Waals surface area contributed by atoms with Gasteiger partial charge in [0.2, 0.25) is 0 Å². The van der Waals surface area contributed by atoms with Crippen molar-refractivity contribution in [1.29, 1.82) is 0 Å². The number of carbonyl (C=O) groups excluding carboxylic acids is 2. The van der Waals surface area contributed by atoms with Crippen molar-refractivity contribution in [3.63, 3.8) is 0 Å². The molecule has 0 saturated heterocycles. The Bertz CT molecular complexity index is 872.